The summed E-state index contributed by atoms with van der Waals surface area (Å²) in [6, 6.07) is 15.3. The Morgan fingerprint density at radius 2 is 1.74 bits per heavy atom. The minimum absolute atomic E-state index is 0.0263. The van der Waals surface area contributed by atoms with Crippen LogP contribution >= 0.6 is 11.8 Å². The van der Waals surface area contributed by atoms with Crippen molar-refractivity contribution in [1.82, 2.24) is 5.32 Å². The Kier molecular flexibility index (Phi) is 7.64. The van der Waals surface area contributed by atoms with Crippen LogP contribution in [0.2, 0.25) is 0 Å². The third-order valence-electron chi connectivity index (χ3n) is 5.31. The van der Waals surface area contributed by atoms with Gasteiger partial charge in [0, 0.05) is 23.2 Å². The lowest BCUT2D eigenvalue weighted by Crippen LogP contribution is -2.52. The third-order valence-corrected chi connectivity index (χ3v) is 6.57. The maximum Gasteiger partial charge on any atom is 0.194 e. The maximum absolute atomic E-state index is 13.5. The molecule has 1 heterocycles. The monoisotopic (exact) mass is 492 g/mol. The molecule has 4 rings (SSSR count). The van der Waals surface area contributed by atoms with E-state index in [2.05, 4.69) is 5.32 Å². The lowest BCUT2D eigenvalue weighted by molar-refractivity contribution is -0.270. The summed E-state index contributed by atoms with van der Waals surface area (Å²) in [6.45, 7) is -0.313. The summed E-state index contributed by atoms with van der Waals surface area (Å²) in [5, 5.41) is 24.7. The zero-order valence-corrected chi connectivity index (χ0v) is 18.6. The molecule has 0 saturated carbocycles. The van der Waals surface area contributed by atoms with Gasteiger partial charge in [0.1, 0.15) is 17.6 Å². The quantitative estimate of drug-likeness (QED) is 0.376. The van der Waals surface area contributed by atoms with Crippen LogP contribution in [0.4, 0.5) is 13.2 Å². The summed E-state index contributed by atoms with van der Waals surface area (Å²) in [5.74, 6) is -4.27. The van der Waals surface area contributed by atoms with E-state index in [0.29, 0.717) is 0 Å². The van der Waals surface area contributed by atoms with Gasteiger partial charge in [-0.05, 0) is 29.0 Å². The van der Waals surface area contributed by atoms with Crippen LogP contribution in [0, 0.1) is 17.5 Å². The van der Waals surface area contributed by atoms with Gasteiger partial charge in [-0.25, -0.2) is 13.2 Å². The standard InChI is InChI=1S/C24H23F3N2O4S/c25-16-8-14(9-17(26)22(16)27)18(28)10-29-11-19-24(33-20(12-30)23(31)32-19)34-21-7-3-5-13-4-1-2-6-15(13)21/h1-10,19-20,23-24,29-31H,11-12,28H2/b18-10-. The highest BCUT2D eigenvalue weighted by Gasteiger charge is 2.38. The molecule has 0 amide bonds. The molecule has 180 valence electrons. The second-order valence-corrected chi connectivity index (χ2v) is 8.79. The van der Waals surface area contributed by atoms with Crippen LogP contribution in [0.25, 0.3) is 16.5 Å². The molecule has 1 aliphatic heterocycles. The molecule has 4 atom stereocenters. The topological polar surface area (TPSA) is 97.0 Å². The largest absolute Gasteiger partial charge is 0.397 e. The van der Waals surface area contributed by atoms with E-state index in [1.54, 1.807) is 0 Å². The van der Waals surface area contributed by atoms with E-state index in [0.717, 1.165) is 27.8 Å². The summed E-state index contributed by atoms with van der Waals surface area (Å²) >= 11 is 1.38. The van der Waals surface area contributed by atoms with Gasteiger partial charge in [0.05, 0.1) is 12.3 Å². The molecule has 3 aromatic rings. The number of thioether (sulfide) groups is 1. The van der Waals surface area contributed by atoms with E-state index >= 15 is 0 Å². The molecule has 0 aliphatic carbocycles. The molecular weight excluding hydrogens is 469 g/mol. The highest BCUT2D eigenvalue weighted by Crippen LogP contribution is 2.36. The zero-order valence-electron chi connectivity index (χ0n) is 17.8. The first kappa shape index (κ1) is 24.4. The number of fused-ring (bicyclic) bond motifs is 1. The molecule has 34 heavy (non-hydrogen) atoms. The fourth-order valence-electron chi connectivity index (χ4n) is 3.55. The Hall–Kier alpha value is -2.76. The minimum Gasteiger partial charge on any atom is -0.397 e. The van der Waals surface area contributed by atoms with E-state index in [1.165, 1.54) is 18.0 Å². The van der Waals surface area contributed by atoms with Crippen LogP contribution in [0.15, 0.2) is 65.7 Å². The molecule has 6 nitrogen and oxygen atoms in total. The maximum atomic E-state index is 13.5. The van der Waals surface area contributed by atoms with Gasteiger partial charge in [-0.1, -0.05) is 48.2 Å². The van der Waals surface area contributed by atoms with E-state index in [4.69, 9.17) is 15.2 Å². The summed E-state index contributed by atoms with van der Waals surface area (Å²) in [6.07, 6.45) is -1.63. The summed E-state index contributed by atoms with van der Waals surface area (Å²) in [5.41, 5.74) is 5.21. The summed E-state index contributed by atoms with van der Waals surface area (Å²) in [4.78, 5) is 0.928. The highest BCUT2D eigenvalue weighted by molar-refractivity contribution is 8.00. The van der Waals surface area contributed by atoms with Gasteiger partial charge in [-0.15, -0.1) is 0 Å². The van der Waals surface area contributed by atoms with Crippen LogP contribution < -0.4 is 11.1 Å². The molecule has 3 aromatic carbocycles. The molecule has 0 aromatic heterocycles. The van der Waals surface area contributed by atoms with Gasteiger partial charge in [0.2, 0.25) is 0 Å². The average molecular weight is 493 g/mol. The predicted octanol–water partition coefficient (Wildman–Crippen LogP) is 3.32. The number of nitrogens with two attached hydrogens (primary N) is 1. The van der Waals surface area contributed by atoms with Crippen LogP contribution in [0.5, 0.6) is 0 Å². The Balaban J connectivity index is 1.51. The molecule has 0 radical (unpaired) electrons. The molecule has 5 N–H and O–H groups in total. The SMILES string of the molecule is N/C(=C\NCC1OC(O)C(CO)OC1Sc1cccc2ccccc12)c1cc(F)c(F)c(F)c1. The molecule has 10 heteroatoms. The molecule has 4 unspecified atom stereocenters. The number of hydrogen-bond acceptors (Lipinski definition) is 7. The Morgan fingerprint density at radius 3 is 2.47 bits per heavy atom. The Labute approximate surface area is 198 Å². The summed E-state index contributed by atoms with van der Waals surface area (Å²) < 4.78 is 51.7. The van der Waals surface area contributed by atoms with Gasteiger partial charge in [-0.3, -0.25) is 0 Å². The number of hydrogen-bond donors (Lipinski definition) is 4. The van der Waals surface area contributed by atoms with Crippen molar-refractivity contribution < 1.29 is 32.9 Å². The van der Waals surface area contributed by atoms with Gasteiger partial charge in [-0.2, -0.15) is 0 Å². The van der Waals surface area contributed by atoms with Crippen LogP contribution in [0.3, 0.4) is 0 Å². The molecule has 1 aliphatic rings. The average Bonchev–Trinajstić information content (AvgIpc) is 2.83. The number of nitrogens with one attached hydrogen (secondary N) is 1. The second-order valence-electron chi connectivity index (χ2n) is 7.65. The van der Waals surface area contributed by atoms with Crippen LogP contribution in [-0.4, -0.2) is 47.3 Å². The first-order valence-electron chi connectivity index (χ1n) is 10.5. The van der Waals surface area contributed by atoms with Gasteiger partial charge >= 0.3 is 0 Å². The molecular formula is C24H23F3N2O4S. The van der Waals surface area contributed by atoms with E-state index in [9.17, 15) is 23.4 Å². The number of ether oxygens (including phenoxy) is 2. The number of halogens is 3. The second kappa shape index (κ2) is 10.7. The normalized spacial score (nSPS) is 23.3. The fourth-order valence-corrected chi connectivity index (χ4v) is 4.78. The number of aliphatic hydroxyl groups is 2. The fraction of sp³-hybridized carbons (Fsp3) is 0.250. The lowest BCUT2D eigenvalue weighted by atomic mass is 10.1. The van der Waals surface area contributed by atoms with Crippen LogP contribution in [-0.2, 0) is 9.47 Å². The first-order valence-corrected chi connectivity index (χ1v) is 11.3. The van der Waals surface area contributed by atoms with Crippen molar-refractivity contribution in [3.8, 4) is 0 Å². The van der Waals surface area contributed by atoms with Crippen molar-refractivity contribution in [2.75, 3.05) is 13.2 Å². The van der Waals surface area contributed by atoms with Crippen molar-refractivity contribution in [2.45, 2.75) is 28.8 Å². The predicted molar refractivity (Wildman–Crippen MR) is 123 cm³/mol. The van der Waals surface area contributed by atoms with Crippen molar-refractivity contribution in [1.29, 1.82) is 0 Å². The van der Waals surface area contributed by atoms with E-state index in [1.807, 2.05) is 42.5 Å². The highest BCUT2D eigenvalue weighted by atomic mass is 32.2. The lowest BCUT2D eigenvalue weighted by Gasteiger charge is -2.38. The Bertz CT molecular complexity index is 1170. The first-order chi connectivity index (χ1) is 16.4. The van der Waals surface area contributed by atoms with Gasteiger partial charge < -0.3 is 30.7 Å². The van der Waals surface area contributed by atoms with E-state index < -0.39 is 48.0 Å². The molecule has 1 saturated heterocycles. The molecule has 0 bridgehead atoms. The van der Waals surface area contributed by atoms with Crippen LogP contribution in [0.1, 0.15) is 5.56 Å². The Morgan fingerprint density at radius 1 is 1.03 bits per heavy atom. The molecule has 0 spiro atoms. The minimum atomic E-state index is -1.57. The van der Waals surface area contributed by atoms with Crippen molar-refractivity contribution in [3.05, 3.63) is 83.8 Å². The zero-order chi connectivity index (χ0) is 24.2. The van der Waals surface area contributed by atoms with Crippen molar-refractivity contribution in [2.24, 2.45) is 5.73 Å². The number of benzene rings is 3. The molecule has 1 fully saturated rings. The number of aliphatic hydroxyl groups excluding tert-OH is 2. The van der Waals surface area contributed by atoms with Crippen molar-refractivity contribution in [3.63, 3.8) is 0 Å². The van der Waals surface area contributed by atoms with Gasteiger partial charge in [0.25, 0.3) is 0 Å². The van der Waals surface area contributed by atoms with E-state index in [-0.39, 0.29) is 17.8 Å². The number of rotatable bonds is 7. The van der Waals surface area contributed by atoms with Crippen molar-refractivity contribution >= 4 is 28.2 Å². The smallest absolute Gasteiger partial charge is 0.194 e. The third kappa shape index (κ3) is 5.31. The van der Waals surface area contributed by atoms with Gasteiger partial charge in [0.15, 0.2) is 23.7 Å². The summed E-state index contributed by atoms with van der Waals surface area (Å²) in [7, 11) is 0.